The number of rotatable bonds is 5. The lowest BCUT2D eigenvalue weighted by atomic mass is 10.2. The van der Waals surface area contributed by atoms with Crippen LogP contribution in [0.5, 0.6) is 0 Å². The molecule has 106 valence electrons. The van der Waals surface area contributed by atoms with E-state index in [-0.39, 0.29) is 17.0 Å². The number of hydrogen-bond donors (Lipinski definition) is 3. The molecule has 0 fully saturated rings. The van der Waals surface area contributed by atoms with Crippen LogP contribution in [0.4, 0.5) is 0 Å². The minimum Gasteiger partial charge on any atom is -0.294 e. The van der Waals surface area contributed by atoms with Crippen molar-refractivity contribution < 1.29 is 4.79 Å². The Bertz CT molecular complexity index is 732. The Hall–Kier alpha value is -2.41. The molecule has 0 aliphatic rings. The highest BCUT2D eigenvalue weighted by molar-refractivity contribution is 5.80. The fraction of sp³-hybridized carbons (Fsp3) is 0.308. The molecular weight excluding hydrogens is 260 g/mol. The van der Waals surface area contributed by atoms with Gasteiger partial charge < -0.3 is 0 Å². The van der Waals surface area contributed by atoms with E-state index >= 15 is 0 Å². The summed E-state index contributed by atoms with van der Waals surface area (Å²) in [5.41, 5.74) is 1.52. The number of H-pyrrole nitrogens is 1. The molecule has 1 heterocycles. The van der Waals surface area contributed by atoms with Crippen molar-refractivity contribution in [3.05, 3.63) is 45.0 Å². The summed E-state index contributed by atoms with van der Waals surface area (Å²) in [6, 6.07) is 6.68. The van der Waals surface area contributed by atoms with Gasteiger partial charge in [0.05, 0.1) is 10.8 Å². The molecule has 1 aromatic heterocycles. The predicted molar refractivity (Wildman–Crippen MR) is 75.0 cm³/mol. The maximum absolute atomic E-state index is 12.2. The molecule has 0 radical (unpaired) electrons. The van der Waals surface area contributed by atoms with Crippen molar-refractivity contribution in [1.82, 2.24) is 15.2 Å². The van der Waals surface area contributed by atoms with Crippen LogP contribution in [0, 0.1) is 0 Å². The summed E-state index contributed by atoms with van der Waals surface area (Å²) < 4.78 is 1.28. The van der Waals surface area contributed by atoms with Gasteiger partial charge in [-0.2, -0.15) is 0 Å². The van der Waals surface area contributed by atoms with Crippen LogP contribution in [0.2, 0.25) is 0 Å². The van der Waals surface area contributed by atoms with Crippen LogP contribution in [0.3, 0.4) is 0 Å². The van der Waals surface area contributed by atoms with E-state index in [2.05, 4.69) is 5.10 Å². The third-order valence-corrected chi connectivity index (χ3v) is 3.08. The summed E-state index contributed by atoms with van der Waals surface area (Å²) >= 11 is 0. The number of aromatic nitrogens is 2. The molecule has 20 heavy (non-hydrogen) atoms. The van der Waals surface area contributed by atoms with E-state index < -0.39 is 0 Å². The summed E-state index contributed by atoms with van der Waals surface area (Å²) in [6.45, 7) is 0.358. The average Bonchev–Trinajstić information content (AvgIpc) is 2.48. The second-order valence-corrected chi connectivity index (χ2v) is 4.47. The quantitative estimate of drug-likeness (QED) is 0.305. The topological polar surface area (TPSA) is 110 Å². The highest BCUT2D eigenvalue weighted by Gasteiger charge is 2.06. The third-order valence-electron chi connectivity index (χ3n) is 3.08. The molecule has 0 bridgehead atoms. The molecule has 0 atom stereocenters. The molecule has 0 spiro atoms. The number of hydrogen-bond acceptors (Lipinski definition) is 4. The maximum Gasteiger partial charge on any atom is 0.273 e. The van der Waals surface area contributed by atoms with Gasteiger partial charge in [-0.1, -0.05) is 12.1 Å². The van der Waals surface area contributed by atoms with Gasteiger partial charge in [0.25, 0.3) is 11.1 Å². The van der Waals surface area contributed by atoms with Gasteiger partial charge in [-0.15, -0.1) is 0 Å². The first-order valence-electron chi connectivity index (χ1n) is 6.35. The lowest BCUT2D eigenvalue weighted by Gasteiger charge is -2.06. The summed E-state index contributed by atoms with van der Waals surface area (Å²) in [5.74, 6) is 4.72. The van der Waals surface area contributed by atoms with Gasteiger partial charge in [-0.25, -0.2) is 10.5 Å². The van der Waals surface area contributed by atoms with Crippen LogP contribution in [0.25, 0.3) is 10.8 Å². The van der Waals surface area contributed by atoms with Crippen molar-refractivity contribution in [2.75, 3.05) is 0 Å². The first kappa shape index (κ1) is 14.0. The zero-order chi connectivity index (χ0) is 14.5. The van der Waals surface area contributed by atoms with E-state index in [0.29, 0.717) is 36.6 Å². The molecule has 1 amide bonds. The lowest BCUT2D eigenvalue weighted by molar-refractivity contribution is -0.121. The highest BCUT2D eigenvalue weighted by Crippen LogP contribution is 2.03. The first-order chi connectivity index (χ1) is 9.63. The van der Waals surface area contributed by atoms with Crippen LogP contribution in [-0.2, 0) is 11.3 Å². The second kappa shape index (κ2) is 6.16. The van der Waals surface area contributed by atoms with Gasteiger partial charge in [0, 0.05) is 13.0 Å². The first-order valence-corrected chi connectivity index (χ1v) is 6.35. The monoisotopic (exact) mass is 276 g/mol. The van der Waals surface area contributed by atoms with E-state index in [4.69, 9.17) is 5.84 Å². The Kier molecular flexibility index (Phi) is 4.31. The summed E-state index contributed by atoms with van der Waals surface area (Å²) in [4.78, 5) is 35.0. The van der Waals surface area contributed by atoms with Crippen LogP contribution in [-0.4, -0.2) is 15.7 Å². The molecule has 2 aromatic rings. The standard InChI is InChI=1S/C13H16N4O3/c14-15-11(18)7-3-4-8-17-13(20)10-6-2-1-5-9(10)12(19)16-17/h1-2,5-6H,3-4,7-8,14H2,(H,15,18)(H,16,19). The number of carbonyl (C=O) groups is 1. The van der Waals surface area contributed by atoms with Crippen molar-refractivity contribution >= 4 is 16.7 Å². The number of hydrazine groups is 1. The smallest absolute Gasteiger partial charge is 0.273 e. The number of unbranched alkanes of at least 4 members (excludes halogenated alkanes) is 1. The van der Waals surface area contributed by atoms with Crippen LogP contribution in [0.1, 0.15) is 19.3 Å². The molecule has 0 aliphatic carbocycles. The molecule has 0 saturated carbocycles. The van der Waals surface area contributed by atoms with Crippen LogP contribution >= 0.6 is 0 Å². The van der Waals surface area contributed by atoms with Crippen LogP contribution < -0.4 is 22.4 Å². The predicted octanol–water partition coefficient (Wildman–Crippen LogP) is -0.150. The number of nitrogens with zero attached hydrogens (tertiary/aromatic N) is 1. The second-order valence-electron chi connectivity index (χ2n) is 4.47. The highest BCUT2D eigenvalue weighted by atomic mass is 16.2. The van der Waals surface area contributed by atoms with Crippen molar-refractivity contribution in [3.8, 4) is 0 Å². The summed E-state index contributed by atoms with van der Waals surface area (Å²) in [5, 5.41) is 3.33. The van der Waals surface area contributed by atoms with Gasteiger partial charge in [0.1, 0.15) is 0 Å². The van der Waals surface area contributed by atoms with Crippen molar-refractivity contribution in [3.63, 3.8) is 0 Å². The Morgan fingerprint density at radius 1 is 1.20 bits per heavy atom. The van der Waals surface area contributed by atoms with E-state index in [9.17, 15) is 14.4 Å². The Morgan fingerprint density at radius 2 is 1.90 bits per heavy atom. The van der Waals surface area contributed by atoms with Gasteiger partial charge >= 0.3 is 0 Å². The van der Waals surface area contributed by atoms with Gasteiger partial charge in [0.2, 0.25) is 5.91 Å². The zero-order valence-electron chi connectivity index (χ0n) is 10.9. The average molecular weight is 276 g/mol. The van der Waals surface area contributed by atoms with Gasteiger partial charge in [-0.05, 0) is 25.0 Å². The fourth-order valence-electron chi connectivity index (χ4n) is 2.03. The van der Waals surface area contributed by atoms with E-state index in [1.54, 1.807) is 24.3 Å². The Morgan fingerprint density at radius 3 is 2.60 bits per heavy atom. The molecule has 2 rings (SSSR count). The normalized spacial score (nSPS) is 10.7. The van der Waals surface area contributed by atoms with Crippen molar-refractivity contribution in [2.24, 2.45) is 5.84 Å². The molecule has 1 aromatic carbocycles. The summed E-state index contributed by atoms with van der Waals surface area (Å²) in [7, 11) is 0. The summed E-state index contributed by atoms with van der Waals surface area (Å²) in [6.07, 6.45) is 1.48. The molecule has 0 unspecified atom stereocenters. The molecule has 7 nitrogen and oxygen atoms in total. The SMILES string of the molecule is NNC(=O)CCCCn1[nH]c(=O)c2ccccc2c1=O. The minimum atomic E-state index is -0.292. The fourth-order valence-corrected chi connectivity index (χ4v) is 2.03. The van der Waals surface area contributed by atoms with Gasteiger partial charge in [-0.3, -0.25) is 24.9 Å². The number of amides is 1. The number of benzene rings is 1. The van der Waals surface area contributed by atoms with Crippen molar-refractivity contribution in [2.45, 2.75) is 25.8 Å². The zero-order valence-corrected chi connectivity index (χ0v) is 10.9. The Labute approximate surface area is 114 Å². The molecule has 0 aliphatic heterocycles. The third kappa shape index (κ3) is 2.94. The van der Waals surface area contributed by atoms with E-state index in [1.807, 2.05) is 5.43 Å². The largest absolute Gasteiger partial charge is 0.294 e. The Balaban J connectivity index is 2.15. The van der Waals surface area contributed by atoms with E-state index in [0.717, 1.165) is 0 Å². The number of aryl methyl sites for hydroxylation is 1. The van der Waals surface area contributed by atoms with Crippen molar-refractivity contribution in [1.29, 1.82) is 0 Å². The lowest BCUT2D eigenvalue weighted by Crippen LogP contribution is -2.31. The number of nitrogens with two attached hydrogens (primary N) is 1. The van der Waals surface area contributed by atoms with Gasteiger partial charge in [0.15, 0.2) is 0 Å². The van der Waals surface area contributed by atoms with E-state index in [1.165, 1.54) is 4.68 Å². The molecular formula is C13H16N4O3. The number of carbonyl (C=O) groups excluding carboxylic acids is 1. The number of aromatic amines is 1. The molecule has 0 saturated heterocycles. The molecule has 7 heteroatoms. The number of fused-ring (bicyclic) bond motifs is 1. The maximum atomic E-state index is 12.2. The van der Waals surface area contributed by atoms with Crippen LogP contribution in [0.15, 0.2) is 33.9 Å². The number of nitrogens with one attached hydrogen (secondary N) is 2. The molecule has 4 N–H and O–H groups in total. The minimum absolute atomic E-state index is 0.233.